The van der Waals surface area contributed by atoms with Crippen LogP contribution >= 0.6 is 23.2 Å². The van der Waals surface area contributed by atoms with Crippen LogP contribution in [0.5, 0.6) is 0 Å². The van der Waals surface area contributed by atoms with E-state index < -0.39 is 0 Å². The highest BCUT2D eigenvalue weighted by molar-refractivity contribution is 6.31. The van der Waals surface area contributed by atoms with E-state index >= 15 is 0 Å². The average Bonchev–Trinajstić information content (AvgIpc) is 2.91. The maximum absolute atomic E-state index is 6.30. The van der Waals surface area contributed by atoms with E-state index in [-0.39, 0.29) is 5.38 Å². The fourth-order valence-corrected chi connectivity index (χ4v) is 3.40. The monoisotopic (exact) mass is 297 g/mol. The quantitative estimate of drug-likeness (QED) is 0.749. The van der Waals surface area contributed by atoms with Crippen LogP contribution in [0.4, 0.5) is 0 Å². The zero-order valence-electron chi connectivity index (χ0n) is 11.1. The van der Waals surface area contributed by atoms with Gasteiger partial charge in [-0.3, -0.25) is 0 Å². The van der Waals surface area contributed by atoms with Gasteiger partial charge >= 0.3 is 0 Å². The van der Waals surface area contributed by atoms with Crippen LogP contribution < -0.4 is 0 Å². The summed E-state index contributed by atoms with van der Waals surface area (Å²) in [5, 5.41) is 0.492. The van der Waals surface area contributed by atoms with Crippen molar-refractivity contribution >= 4 is 34.4 Å². The SMILES string of the molecule is CC(Cl)c1nc2cc(Cl)cnc2n1C1CCCC1C. The summed E-state index contributed by atoms with van der Waals surface area (Å²) in [6.07, 6.45) is 5.38. The Balaban J connectivity index is 2.22. The van der Waals surface area contributed by atoms with Crippen molar-refractivity contribution in [3.05, 3.63) is 23.1 Å². The number of imidazole rings is 1. The molecule has 0 saturated heterocycles. The number of fused-ring (bicyclic) bond motifs is 1. The van der Waals surface area contributed by atoms with Crippen molar-refractivity contribution in [1.82, 2.24) is 14.5 Å². The van der Waals surface area contributed by atoms with Gasteiger partial charge in [0.2, 0.25) is 0 Å². The molecular weight excluding hydrogens is 281 g/mol. The van der Waals surface area contributed by atoms with E-state index in [1.165, 1.54) is 19.3 Å². The number of alkyl halides is 1. The highest BCUT2D eigenvalue weighted by Crippen LogP contribution is 2.39. The van der Waals surface area contributed by atoms with Gasteiger partial charge in [-0.05, 0) is 31.7 Å². The Bertz CT molecular complexity index is 606. The number of pyridine rings is 1. The summed E-state index contributed by atoms with van der Waals surface area (Å²) >= 11 is 12.3. The molecule has 1 saturated carbocycles. The molecule has 2 heterocycles. The van der Waals surface area contributed by atoms with Crippen molar-refractivity contribution in [3.63, 3.8) is 0 Å². The first-order valence-corrected chi connectivity index (χ1v) is 7.57. The van der Waals surface area contributed by atoms with Gasteiger partial charge in [0.1, 0.15) is 11.3 Å². The molecule has 2 aromatic rings. The molecule has 102 valence electrons. The summed E-state index contributed by atoms with van der Waals surface area (Å²) in [7, 11) is 0. The van der Waals surface area contributed by atoms with Crippen LogP contribution in [-0.4, -0.2) is 14.5 Å². The summed E-state index contributed by atoms with van der Waals surface area (Å²) < 4.78 is 2.24. The molecule has 0 aliphatic heterocycles. The maximum Gasteiger partial charge on any atom is 0.160 e. The lowest BCUT2D eigenvalue weighted by Crippen LogP contribution is -2.15. The summed E-state index contributed by atoms with van der Waals surface area (Å²) in [6.45, 7) is 4.25. The van der Waals surface area contributed by atoms with E-state index in [1.54, 1.807) is 6.20 Å². The van der Waals surface area contributed by atoms with Crippen molar-refractivity contribution in [1.29, 1.82) is 0 Å². The Morgan fingerprint density at radius 2 is 2.21 bits per heavy atom. The van der Waals surface area contributed by atoms with Crippen LogP contribution in [0.2, 0.25) is 5.02 Å². The largest absolute Gasteiger partial charge is 0.308 e. The van der Waals surface area contributed by atoms with Crippen molar-refractivity contribution in [2.75, 3.05) is 0 Å². The third-order valence-electron chi connectivity index (χ3n) is 4.03. The molecule has 0 bridgehead atoms. The third-order valence-corrected chi connectivity index (χ3v) is 4.43. The second kappa shape index (κ2) is 4.95. The van der Waals surface area contributed by atoms with Crippen molar-refractivity contribution in [2.45, 2.75) is 44.5 Å². The van der Waals surface area contributed by atoms with Gasteiger partial charge in [0.25, 0.3) is 0 Å². The van der Waals surface area contributed by atoms with Gasteiger partial charge in [-0.2, -0.15) is 0 Å². The minimum absolute atomic E-state index is 0.124. The van der Waals surface area contributed by atoms with Crippen LogP contribution in [0.3, 0.4) is 0 Å². The molecule has 0 aromatic carbocycles. The Morgan fingerprint density at radius 3 is 2.84 bits per heavy atom. The molecule has 0 N–H and O–H groups in total. The molecule has 0 spiro atoms. The summed E-state index contributed by atoms with van der Waals surface area (Å²) in [5.41, 5.74) is 1.75. The molecule has 1 aliphatic rings. The number of hydrogen-bond acceptors (Lipinski definition) is 2. The first kappa shape index (κ1) is 13.2. The maximum atomic E-state index is 6.30. The zero-order chi connectivity index (χ0) is 13.6. The number of aromatic nitrogens is 3. The van der Waals surface area contributed by atoms with Gasteiger partial charge in [0, 0.05) is 12.2 Å². The van der Waals surface area contributed by atoms with E-state index in [0.29, 0.717) is 17.0 Å². The molecule has 19 heavy (non-hydrogen) atoms. The number of halogens is 2. The van der Waals surface area contributed by atoms with Gasteiger partial charge in [0.05, 0.1) is 10.4 Å². The average molecular weight is 298 g/mol. The minimum Gasteiger partial charge on any atom is -0.308 e. The van der Waals surface area contributed by atoms with Crippen molar-refractivity contribution < 1.29 is 0 Å². The standard InChI is InChI=1S/C14H17Cl2N3/c1-8-4-3-5-12(8)19-13(9(2)15)18-11-6-10(16)7-17-14(11)19/h6-9,12H,3-5H2,1-2H3. The van der Waals surface area contributed by atoms with Crippen LogP contribution in [0, 0.1) is 5.92 Å². The smallest absolute Gasteiger partial charge is 0.160 e. The number of rotatable bonds is 2. The lowest BCUT2D eigenvalue weighted by Gasteiger charge is -2.21. The van der Waals surface area contributed by atoms with Crippen LogP contribution in [-0.2, 0) is 0 Å². The predicted molar refractivity (Wildman–Crippen MR) is 78.9 cm³/mol. The summed E-state index contributed by atoms with van der Waals surface area (Å²) in [5.74, 6) is 1.55. The summed E-state index contributed by atoms with van der Waals surface area (Å²) in [6, 6.07) is 2.32. The molecule has 3 unspecified atom stereocenters. The number of hydrogen-bond donors (Lipinski definition) is 0. The first-order valence-electron chi connectivity index (χ1n) is 6.75. The van der Waals surface area contributed by atoms with Gasteiger partial charge < -0.3 is 4.57 Å². The highest BCUT2D eigenvalue weighted by atomic mass is 35.5. The Hall–Kier alpha value is -0.800. The lowest BCUT2D eigenvalue weighted by atomic mass is 10.1. The molecule has 3 nitrogen and oxygen atoms in total. The summed E-state index contributed by atoms with van der Waals surface area (Å²) in [4.78, 5) is 9.11. The van der Waals surface area contributed by atoms with E-state index in [9.17, 15) is 0 Å². The number of nitrogens with zero attached hydrogens (tertiary/aromatic N) is 3. The van der Waals surface area contributed by atoms with Gasteiger partial charge in [-0.1, -0.05) is 24.9 Å². The topological polar surface area (TPSA) is 30.7 Å². The molecule has 3 rings (SSSR count). The first-order chi connectivity index (χ1) is 9.08. The van der Waals surface area contributed by atoms with Gasteiger partial charge in [-0.25, -0.2) is 9.97 Å². The fraction of sp³-hybridized carbons (Fsp3) is 0.571. The van der Waals surface area contributed by atoms with E-state index in [4.69, 9.17) is 23.2 Å². The van der Waals surface area contributed by atoms with Crippen LogP contribution in [0.15, 0.2) is 12.3 Å². The fourth-order valence-electron chi connectivity index (χ4n) is 3.09. The molecule has 0 radical (unpaired) electrons. The zero-order valence-corrected chi connectivity index (χ0v) is 12.6. The van der Waals surface area contributed by atoms with Crippen molar-refractivity contribution in [3.8, 4) is 0 Å². The molecule has 3 atom stereocenters. The van der Waals surface area contributed by atoms with E-state index in [1.807, 2.05) is 13.0 Å². The Labute approximate surface area is 122 Å². The molecule has 1 fully saturated rings. The van der Waals surface area contributed by atoms with E-state index in [2.05, 4.69) is 21.5 Å². The second-order valence-corrected chi connectivity index (χ2v) is 6.52. The molecular formula is C14H17Cl2N3. The normalized spacial score (nSPS) is 25.1. The highest BCUT2D eigenvalue weighted by Gasteiger charge is 2.30. The Morgan fingerprint density at radius 1 is 1.42 bits per heavy atom. The molecule has 0 amide bonds. The van der Waals surface area contributed by atoms with Crippen LogP contribution in [0.25, 0.3) is 11.2 Å². The van der Waals surface area contributed by atoms with Gasteiger partial charge in [-0.15, -0.1) is 11.6 Å². The predicted octanol–water partition coefficient (Wildman–Crippen LogP) is 4.75. The molecule has 5 heteroatoms. The molecule has 1 aliphatic carbocycles. The van der Waals surface area contributed by atoms with E-state index in [0.717, 1.165) is 17.0 Å². The third kappa shape index (κ3) is 2.23. The van der Waals surface area contributed by atoms with Crippen LogP contribution in [0.1, 0.15) is 50.4 Å². The second-order valence-electron chi connectivity index (χ2n) is 5.43. The molecule has 2 aromatic heterocycles. The van der Waals surface area contributed by atoms with Crippen molar-refractivity contribution in [2.24, 2.45) is 5.92 Å². The van der Waals surface area contributed by atoms with Gasteiger partial charge in [0.15, 0.2) is 5.65 Å². The minimum atomic E-state index is -0.124. The lowest BCUT2D eigenvalue weighted by molar-refractivity contribution is 0.403. The Kier molecular flexibility index (Phi) is 3.44.